The van der Waals surface area contributed by atoms with Crippen molar-refractivity contribution < 1.29 is 14.3 Å². The van der Waals surface area contributed by atoms with Gasteiger partial charge in [0.25, 0.3) is 0 Å². The van der Waals surface area contributed by atoms with Gasteiger partial charge in [-0.3, -0.25) is 4.79 Å². The van der Waals surface area contributed by atoms with E-state index < -0.39 is 11.8 Å². The summed E-state index contributed by atoms with van der Waals surface area (Å²) in [6, 6.07) is 2.97. The summed E-state index contributed by atoms with van der Waals surface area (Å²) in [6.45, 7) is 0. The first-order valence-corrected chi connectivity index (χ1v) is 5.03. The standard InChI is InChI=1S/C9H7BrClFO2/c10-6-3-5(1-2-8(13)14)4-7(11)9(6)12/h3-4H,1-2H2,(H,13,14). The van der Waals surface area contributed by atoms with Crippen LogP contribution >= 0.6 is 27.5 Å². The van der Waals surface area contributed by atoms with Crippen molar-refractivity contribution in [2.24, 2.45) is 0 Å². The third kappa shape index (κ3) is 2.96. The highest BCUT2D eigenvalue weighted by atomic mass is 79.9. The summed E-state index contributed by atoms with van der Waals surface area (Å²) in [5.41, 5.74) is 0.700. The molecule has 0 radical (unpaired) electrons. The van der Waals surface area contributed by atoms with Gasteiger partial charge >= 0.3 is 5.97 Å². The minimum atomic E-state index is -0.887. The fourth-order valence-electron chi connectivity index (χ4n) is 1.00. The molecule has 0 saturated carbocycles. The first kappa shape index (κ1) is 11.5. The lowest BCUT2D eigenvalue weighted by Crippen LogP contribution is -1.98. The average Bonchev–Trinajstić information content (AvgIpc) is 2.10. The quantitative estimate of drug-likeness (QED) is 0.864. The third-order valence-electron chi connectivity index (χ3n) is 1.67. The van der Waals surface area contributed by atoms with E-state index in [2.05, 4.69) is 15.9 Å². The maximum absolute atomic E-state index is 13.0. The van der Waals surface area contributed by atoms with Crippen LogP contribution in [0.2, 0.25) is 5.02 Å². The van der Waals surface area contributed by atoms with Crippen LogP contribution in [-0.2, 0) is 11.2 Å². The second-order valence-corrected chi connectivity index (χ2v) is 4.03. The van der Waals surface area contributed by atoms with Crippen LogP contribution in [0.5, 0.6) is 0 Å². The predicted molar refractivity (Wildman–Crippen MR) is 55.1 cm³/mol. The normalized spacial score (nSPS) is 10.2. The molecule has 0 spiro atoms. The highest BCUT2D eigenvalue weighted by Gasteiger charge is 2.07. The van der Waals surface area contributed by atoms with Crippen molar-refractivity contribution in [3.8, 4) is 0 Å². The number of aliphatic carboxylic acids is 1. The van der Waals surface area contributed by atoms with Crippen LogP contribution < -0.4 is 0 Å². The molecule has 2 nitrogen and oxygen atoms in total. The Labute approximate surface area is 93.8 Å². The molecule has 5 heteroatoms. The van der Waals surface area contributed by atoms with Gasteiger partial charge in [-0.2, -0.15) is 0 Å². The van der Waals surface area contributed by atoms with Gasteiger partial charge < -0.3 is 5.11 Å². The predicted octanol–water partition coefficient (Wildman–Crippen LogP) is 3.26. The van der Waals surface area contributed by atoms with Gasteiger partial charge in [-0.05, 0) is 40.0 Å². The molecule has 0 amide bonds. The summed E-state index contributed by atoms with van der Waals surface area (Å²) in [5, 5.41) is 8.45. The minimum Gasteiger partial charge on any atom is -0.481 e. The Morgan fingerprint density at radius 2 is 2.21 bits per heavy atom. The van der Waals surface area contributed by atoms with Crippen molar-refractivity contribution in [2.75, 3.05) is 0 Å². The van der Waals surface area contributed by atoms with E-state index in [1.165, 1.54) is 12.1 Å². The maximum Gasteiger partial charge on any atom is 0.303 e. The second kappa shape index (κ2) is 4.75. The Morgan fingerprint density at radius 3 is 2.71 bits per heavy atom. The number of halogens is 3. The number of carboxylic acids is 1. The SMILES string of the molecule is O=C(O)CCc1cc(Cl)c(F)c(Br)c1. The van der Waals surface area contributed by atoms with Gasteiger partial charge in [-0.1, -0.05) is 11.6 Å². The Morgan fingerprint density at radius 1 is 1.57 bits per heavy atom. The number of rotatable bonds is 3. The Bertz CT molecular complexity index is 345. The van der Waals surface area contributed by atoms with Crippen LogP contribution in [0, 0.1) is 5.82 Å². The molecule has 14 heavy (non-hydrogen) atoms. The van der Waals surface area contributed by atoms with Gasteiger partial charge in [0.1, 0.15) is 0 Å². The van der Waals surface area contributed by atoms with Crippen LogP contribution in [0.3, 0.4) is 0 Å². The van der Waals surface area contributed by atoms with Crippen molar-refractivity contribution >= 4 is 33.5 Å². The summed E-state index contributed by atoms with van der Waals surface area (Å²) in [5.74, 6) is -1.41. The van der Waals surface area contributed by atoms with Crippen molar-refractivity contribution in [3.05, 3.63) is 33.0 Å². The molecule has 76 valence electrons. The molecule has 0 atom stereocenters. The maximum atomic E-state index is 13.0. The summed E-state index contributed by atoms with van der Waals surface area (Å²) >= 11 is 8.58. The monoisotopic (exact) mass is 280 g/mol. The number of hydrogen-bond acceptors (Lipinski definition) is 1. The highest BCUT2D eigenvalue weighted by molar-refractivity contribution is 9.10. The van der Waals surface area contributed by atoms with E-state index in [1.807, 2.05) is 0 Å². The highest BCUT2D eigenvalue weighted by Crippen LogP contribution is 2.25. The topological polar surface area (TPSA) is 37.3 Å². The van der Waals surface area contributed by atoms with Crippen LogP contribution in [-0.4, -0.2) is 11.1 Å². The van der Waals surface area contributed by atoms with Crippen LogP contribution in [0.4, 0.5) is 4.39 Å². The molecule has 1 rings (SSSR count). The first-order chi connectivity index (χ1) is 6.50. The van der Waals surface area contributed by atoms with Gasteiger partial charge in [0, 0.05) is 6.42 Å². The van der Waals surface area contributed by atoms with E-state index in [0.29, 0.717) is 12.0 Å². The molecule has 0 saturated heterocycles. The Balaban J connectivity index is 2.84. The van der Waals surface area contributed by atoms with Crippen LogP contribution in [0.1, 0.15) is 12.0 Å². The molecule has 0 heterocycles. The van der Waals surface area contributed by atoms with Crippen LogP contribution in [0.15, 0.2) is 16.6 Å². The van der Waals surface area contributed by atoms with E-state index in [4.69, 9.17) is 16.7 Å². The summed E-state index contributed by atoms with van der Waals surface area (Å²) in [7, 11) is 0. The molecule has 1 aromatic rings. The van der Waals surface area contributed by atoms with E-state index in [-0.39, 0.29) is 15.9 Å². The van der Waals surface area contributed by atoms with Crippen molar-refractivity contribution in [1.82, 2.24) is 0 Å². The average molecular weight is 282 g/mol. The fraction of sp³-hybridized carbons (Fsp3) is 0.222. The van der Waals surface area contributed by atoms with E-state index in [0.717, 1.165) is 0 Å². The van der Waals surface area contributed by atoms with Gasteiger partial charge in [-0.15, -0.1) is 0 Å². The van der Waals surface area contributed by atoms with Gasteiger partial charge in [-0.25, -0.2) is 4.39 Å². The zero-order chi connectivity index (χ0) is 10.7. The fourth-order valence-corrected chi connectivity index (χ4v) is 1.87. The summed E-state index contributed by atoms with van der Waals surface area (Å²) in [4.78, 5) is 10.3. The molecular formula is C9H7BrClFO2. The number of benzene rings is 1. The molecule has 0 aliphatic carbocycles. The number of aryl methyl sites for hydroxylation is 1. The van der Waals surface area contributed by atoms with Crippen molar-refractivity contribution in [3.63, 3.8) is 0 Å². The zero-order valence-electron chi connectivity index (χ0n) is 7.06. The lowest BCUT2D eigenvalue weighted by Gasteiger charge is -2.02. The van der Waals surface area contributed by atoms with Gasteiger partial charge in [0.05, 0.1) is 9.50 Å². The van der Waals surface area contributed by atoms with Crippen molar-refractivity contribution in [2.45, 2.75) is 12.8 Å². The van der Waals surface area contributed by atoms with Gasteiger partial charge in [0.2, 0.25) is 0 Å². The van der Waals surface area contributed by atoms with Gasteiger partial charge in [0.15, 0.2) is 5.82 Å². The molecular weight excluding hydrogens is 274 g/mol. The van der Waals surface area contributed by atoms with E-state index in [1.54, 1.807) is 0 Å². The molecule has 0 unspecified atom stereocenters. The molecule has 1 N–H and O–H groups in total. The molecule has 0 aliphatic heterocycles. The number of carboxylic acid groups (broad SMARTS) is 1. The second-order valence-electron chi connectivity index (χ2n) is 2.77. The number of hydrogen-bond donors (Lipinski definition) is 1. The molecule has 0 aromatic heterocycles. The zero-order valence-corrected chi connectivity index (χ0v) is 9.40. The first-order valence-electron chi connectivity index (χ1n) is 3.86. The smallest absolute Gasteiger partial charge is 0.303 e. The van der Waals surface area contributed by atoms with Crippen LogP contribution in [0.25, 0.3) is 0 Å². The molecule has 1 aromatic carbocycles. The number of carbonyl (C=O) groups is 1. The summed E-state index contributed by atoms with van der Waals surface area (Å²) < 4.78 is 13.3. The Hall–Kier alpha value is -0.610. The summed E-state index contributed by atoms with van der Waals surface area (Å²) in [6.07, 6.45) is 0.350. The largest absolute Gasteiger partial charge is 0.481 e. The lowest BCUT2D eigenvalue weighted by molar-refractivity contribution is -0.136. The van der Waals surface area contributed by atoms with E-state index in [9.17, 15) is 9.18 Å². The lowest BCUT2D eigenvalue weighted by atomic mass is 10.1. The van der Waals surface area contributed by atoms with E-state index >= 15 is 0 Å². The molecule has 0 aliphatic rings. The van der Waals surface area contributed by atoms with Crippen molar-refractivity contribution in [1.29, 1.82) is 0 Å². The Kier molecular flexibility index (Phi) is 3.89. The molecule has 0 bridgehead atoms. The third-order valence-corrected chi connectivity index (χ3v) is 2.52. The molecule has 0 fully saturated rings. The minimum absolute atomic E-state index is 0.000219.